The lowest BCUT2D eigenvalue weighted by Gasteiger charge is -2.15. The van der Waals surface area contributed by atoms with Crippen LogP contribution in [0.15, 0.2) is 96.6 Å². The summed E-state index contributed by atoms with van der Waals surface area (Å²) >= 11 is 0. The van der Waals surface area contributed by atoms with Gasteiger partial charge in [0.1, 0.15) is 0 Å². The van der Waals surface area contributed by atoms with Gasteiger partial charge in [0.25, 0.3) is 0 Å². The Morgan fingerprint density at radius 1 is 0.769 bits per heavy atom. The summed E-state index contributed by atoms with van der Waals surface area (Å²) in [5.74, 6) is 0. The van der Waals surface area contributed by atoms with E-state index in [2.05, 4.69) is 106 Å². The van der Waals surface area contributed by atoms with Crippen LogP contribution in [0.1, 0.15) is 30.0 Å². The first-order valence-corrected chi connectivity index (χ1v) is 9.14. The van der Waals surface area contributed by atoms with Crippen LogP contribution in [0.2, 0.25) is 0 Å². The van der Waals surface area contributed by atoms with Gasteiger partial charge in [0.05, 0.1) is 0 Å². The van der Waals surface area contributed by atoms with Crippen LogP contribution < -0.4 is 0 Å². The largest absolute Gasteiger partial charge is 0.0915 e. The summed E-state index contributed by atoms with van der Waals surface area (Å²) < 4.78 is 0. The lowest BCUT2D eigenvalue weighted by molar-refractivity contribution is 1.35. The molecular formula is C26H26. The van der Waals surface area contributed by atoms with E-state index in [0.29, 0.717) is 0 Å². The molecule has 3 rings (SSSR count). The van der Waals surface area contributed by atoms with Gasteiger partial charge in [-0.15, -0.1) is 0 Å². The highest BCUT2D eigenvalue weighted by atomic mass is 14.1. The Labute approximate surface area is 157 Å². The molecule has 1 aliphatic carbocycles. The van der Waals surface area contributed by atoms with Crippen LogP contribution in [0.4, 0.5) is 0 Å². The van der Waals surface area contributed by atoms with Gasteiger partial charge in [0.2, 0.25) is 0 Å². The van der Waals surface area contributed by atoms with Crippen LogP contribution in [0, 0.1) is 13.8 Å². The van der Waals surface area contributed by atoms with Gasteiger partial charge in [0.15, 0.2) is 0 Å². The lowest BCUT2D eigenvalue weighted by atomic mass is 9.90. The van der Waals surface area contributed by atoms with E-state index in [4.69, 9.17) is 0 Å². The van der Waals surface area contributed by atoms with Crippen molar-refractivity contribution in [3.8, 4) is 11.1 Å². The van der Waals surface area contributed by atoms with Crippen LogP contribution in [-0.4, -0.2) is 0 Å². The Bertz CT molecular complexity index is 929. The minimum absolute atomic E-state index is 0.935. The molecule has 0 radical (unpaired) electrons. The fraction of sp³-hybridized carbons (Fsp3) is 0.154. The van der Waals surface area contributed by atoms with Crippen LogP contribution in [0.3, 0.4) is 0 Å². The molecule has 0 fully saturated rings. The molecule has 26 heavy (non-hydrogen) atoms. The molecule has 0 heterocycles. The van der Waals surface area contributed by atoms with Crippen molar-refractivity contribution in [2.75, 3.05) is 0 Å². The van der Waals surface area contributed by atoms with Crippen LogP contribution in [0.5, 0.6) is 0 Å². The molecule has 2 aromatic rings. The highest BCUT2D eigenvalue weighted by Gasteiger charge is 2.10. The molecule has 0 unspecified atom stereocenters. The highest BCUT2D eigenvalue weighted by molar-refractivity contribution is 5.84. The molecule has 130 valence electrons. The van der Waals surface area contributed by atoms with Gasteiger partial charge in [0, 0.05) is 0 Å². The maximum Gasteiger partial charge on any atom is -0.0146 e. The molecule has 0 heteroatoms. The summed E-state index contributed by atoms with van der Waals surface area (Å²) in [6.45, 7) is 10.7. The molecule has 0 spiro atoms. The van der Waals surface area contributed by atoms with E-state index in [1.54, 1.807) is 0 Å². The summed E-state index contributed by atoms with van der Waals surface area (Å²) in [7, 11) is 0. The molecule has 0 aliphatic heterocycles. The van der Waals surface area contributed by atoms with Crippen molar-refractivity contribution in [1.82, 2.24) is 0 Å². The van der Waals surface area contributed by atoms with E-state index < -0.39 is 0 Å². The van der Waals surface area contributed by atoms with Crippen LogP contribution in [-0.2, 0) is 0 Å². The third kappa shape index (κ3) is 4.03. The van der Waals surface area contributed by atoms with E-state index in [-0.39, 0.29) is 0 Å². The monoisotopic (exact) mass is 338 g/mol. The first-order chi connectivity index (χ1) is 12.6. The zero-order chi connectivity index (χ0) is 18.5. The molecule has 0 bridgehead atoms. The van der Waals surface area contributed by atoms with E-state index in [1.807, 2.05) is 0 Å². The van der Waals surface area contributed by atoms with Crippen molar-refractivity contribution in [2.45, 2.75) is 27.2 Å². The van der Waals surface area contributed by atoms with Crippen molar-refractivity contribution < 1.29 is 0 Å². The first kappa shape index (κ1) is 17.9. The van der Waals surface area contributed by atoms with Gasteiger partial charge >= 0.3 is 0 Å². The second kappa shape index (κ2) is 8.01. The summed E-state index contributed by atoms with van der Waals surface area (Å²) in [4.78, 5) is 0. The third-order valence-electron chi connectivity index (χ3n) is 4.90. The van der Waals surface area contributed by atoms with Gasteiger partial charge in [-0.25, -0.2) is 0 Å². The Balaban J connectivity index is 2.12. The zero-order valence-electron chi connectivity index (χ0n) is 15.9. The number of hydrogen-bond donors (Lipinski definition) is 0. The van der Waals surface area contributed by atoms with Crippen molar-refractivity contribution in [1.29, 1.82) is 0 Å². The zero-order valence-corrected chi connectivity index (χ0v) is 15.9. The van der Waals surface area contributed by atoms with Crippen molar-refractivity contribution in [2.24, 2.45) is 0 Å². The number of hydrogen-bond acceptors (Lipinski definition) is 0. The van der Waals surface area contributed by atoms with E-state index >= 15 is 0 Å². The summed E-state index contributed by atoms with van der Waals surface area (Å²) in [5, 5.41) is 0. The number of benzene rings is 2. The molecule has 0 nitrogen and oxygen atoms in total. The van der Waals surface area contributed by atoms with E-state index in [1.165, 1.54) is 39.0 Å². The molecule has 1 aliphatic rings. The maximum absolute atomic E-state index is 4.25. The summed E-state index contributed by atoms with van der Waals surface area (Å²) in [6, 6.07) is 15.5. The first-order valence-electron chi connectivity index (χ1n) is 9.14. The quantitative estimate of drug-likeness (QED) is 0.536. The third-order valence-corrected chi connectivity index (χ3v) is 4.90. The molecule has 0 aromatic heterocycles. The second-order valence-corrected chi connectivity index (χ2v) is 6.88. The molecule has 0 saturated heterocycles. The molecule has 0 atom stereocenters. The molecule has 0 amide bonds. The van der Waals surface area contributed by atoms with Crippen LogP contribution >= 0.6 is 0 Å². The molecule has 0 N–H and O–H groups in total. The number of allylic oxidation sites excluding steroid dienone is 9. The number of rotatable bonds is 2. The van der Waals surface area contributed by atoms with Gasteiger partial charge < -0.3 is 0 Å². The normalized spacial score (nSPS) is 21.3. The van der Waals surface area contributed by atoms with E-state index in [0.717, 1.165) is 12.0 Å². The minimum atomic E-state index is 0.935. The molecular weight excluding hydrogens is 312 g/mol. The van der Waals surface area contributed by atoms with Gasteiger partial charge in [-0.3, -0.25) is 0 Å². The Kier molecular flexibility index (Phi) is 5.53. The standard InChI is InChI=1S/C26H26/c1-19-12-15-23(16-13-19)24-17-14-21(3)26(18-24)25-11-9-7-5-6-8-10-20(2)22(25)4/h5-6,8-18H,2,7H2,1,3-4H3/b6-5-,10-8-,11-9-,25-22+. The minimum Gasteiger partial charge on any atom is -0.0915 e. The predicted octanol–water partition coefficient (Wildman–Crippen LogP) is 7.37. The topological polar surface area (TPSA) is 0 Å². The molecule has 0 saturated carbocycles. The fourth-order valence-corrected chi connectivity index (χ4v) is 3.15. The van der Waals surface area contributed by atoms with Gasteiger partial charge in [-0.1, -0.05) is 85.0 Å². The lowest BCUT2D eigenvalue weighted by Crippen LogP contribution is -1.94. The summed E-state index contributed by atoms with van der Waals surface area (Å²) in [6.07, 6.45) is 13.8. The Hall–Kier alpha value is -2.86. The van der Waals surface area contributed by atoms with E-state index in [9.17, 15) is 0 Å². The average molecular weight is 338 g/mol. The van der Waals surface area contributed by atoms with Gasteiger partial charge in [-0.05, 0) is 72.2 Å². The van der Waals surface area contributed by atoms with Crippen LogP contribution in [0.25, 0.3) is 16.7 Å². The highest BCUT2D eigenvalue weighted by Crippen LogP contribution is 2.31. The predicted molar refractivity (Wildman–Crippen MR) is 115 cm³/mol. The summed E-state index contributed by atoms with van der Waals surface area (Å²) in [5.41, 5.74) is 9.86. The SMILES string of the molecule is C=C1/C=C\C=C/C/C=C\C(c2cc(-c3ccc(C)cc3)ccc2C)=C/1C. The van der Waals surface area contributed by atoms with Crippen molar-refractivity contribution in [3.05, 3.63) is 113 Å². The van der Waals surface area contributed by atoms with Crippen molar-refractivity contribution >= 4 is 5.57 Å². The second-order valence-electron chi connectivity index (χ2n) is 6.88. The Morgan fingerprint density at radius 3 is 2.27 bits per heavy atom. The smallest absolute Gasteiger partial charge is 0.0146 e. The Morgan fingerprint density at radius 2 is 1.50 bits per heavy atom. The van der Waals surface area contributed by atoms with Crippen molar-refractivity contribution in [3.63, 3.8) is 0 Å². The average Bonchev–Trinajstić information content (AvgIpc) is 2.64. The molecule has 2 aromatic carbocycles. The number of aryl methyl sites for hydroxylation is 2. The van der Waals surface area contributed by atoms with Gasteiger partial charge in [-0.2, -0.15) is 0 Å². The fourth-order valence-electron chi connectivity index (χ4n) is 3.15. The maximum atomic E-state index is 4.25.